The first-order chi connectivity index (χ1) is 18.3. The topological polar surface area (TPSA) is 164 Å². The Kier molecular flexibility index (Phi) is 9.54. The van der Waals surface area contributed by atoms with Crippen molar-refractivity contribution >= 4 is 38.7 Å². The number of benzene rings is 3. The third kappa shape index (κ3) is 9.00. The van der Waals surface area contributed by atoms with Gasteiger partial charge in [0.05, 0.1) is 22.5 Å². The molecule has 12 heteroatoms. The van der Waals surface area contributed by atoms with Gasteiger partial charge in [-0.25, -0.2) is 9.38 Å². The fourth-order valence-electron chi connectivity index (χ4n) is 3.91. The Labute approximate surface area is 224 Å². The Morgan fingerprint density at radius 3 is 2.13 bits per heavy atom. The highest BCUT2D eigenvalue weighted by Gasteiger charge is 2.19. The number of halogens is 1. The minimum atomic E-state index is -4.67. The average Bonchev–Trinajstić information content (AvgIpc) is 3.15. The van der Waals surface area contributed by atoms with Crippen LogP contribution >= 0.6 is 0 Å². The Morgan fingerprint density at radius 2 is 1.56 bits per heavy atom. The second-order valence-electron chi connectivity index (χ2n) is 8.94. The molecular weight excluding hydrogens is 529 g/mol. The van der Waals surface area contributed by atoms with E-state index in [1.54, 1.807) is 6.07 Å². The van der Waals surface area contributed by atoms with Crippen molar-refractivity contribution in [1.29, 1.82) is 0 Å². The highest BCUT2D eigenvalue weighted by Crippen LogP contribution is 2.32. The van der Waals surface area contributed by atoms with Crippen LogP contribution in [-0.4, -0.2) is 63.4 Å². The number of aliphatic imine (C=N–C) groups is 1. The maximum atomic E-state index is 13.8. The van der Waals surface area contributed by atoms with Gasteiger partial charge >= 0.3 is 16.4 Å². The Bertz CT molecular complexity index is 1570. The van der Waals surface area contributed by atoms with Crippen molar-refractivity contribution in [3.63, 3.8) is 0 Å². The lowest BCUT2D eigenvalue weighted by Gasteiger charge is -2.11. The SMILES string of the molecule is CN(C)Cc1ccc(N=C(c2ccc(CCC(=O)O)cc2)c2c(O)[nH]c3cc(F)ccc23)cc1.O=S(=O)(O)O. The molecular formula is C27H28FN3O7S. The summed E-state index contributed by atoms with van der Waals surface area (Å²) in [6.45, 7) is 0.809. The van der Waals surface area contributed by atoms with Gasteiger partial charge in [-0.3, -0.25) is 13.9 Å². The number of H-pyrrole nitrogens is 1. The first-order valence-corrected chi connectivity index (χ1v) is 13.0. The van der Waals surface area contributed by atoms with Crippen molar-refractivity contribution in [2.45, 2.75) is 19.4 Å². The molecule has 1 aromatic heterocycles. The molecule has 206 valence electrons. The standard InChI is InChI=1S/C27H26FN3O3.H2O4S/c1-31(2)16-18-5-11-21(12-6-18)29-26(19-8-3-17(4-9-19)7-14-24(32)33)25-22-13-10-20(28)15-23(22)30-27(25)34;1-5(2,3)4/h3-6,8-13,15,30,34H,7,14,16H2,1-2H3,(H,32,33);(H2,1,2,3,4). The van der Waals surface area contributed by atoms with Crippen molar-refractivity contribution in [3.8, 4) is 5.88 Å². The van der Waals surface area contributed by atoms with E-state index in [0.29, 0.717) is 34.3 Å². The van der Waals surface area contributed by atoms with E-state index in [9.17, 15) is 14.3 Å². The molecule has 0 radical (unpaired) electrons. The van der Waals surface area contributed by atoms with Gasteiger partial charge in [-0.05, 0) is 62.0 Å². The number of fused-ring (bicyclic) bond motifs is 1. The molecule has 10 nitrogen and oxygen atoms in total. The Balaban J connectivity index is 0.000000771. The van der Waals surface area contributed by atoms with Crippen LogP contribution in [0.5, 0.6) is 5.88 Å². The molecule has 0 fully saturated rings. The Morgan fingerprint density at radius 1 is 0.974 bits per heavy atom. The number of aromatic hydroxyl groups is 1. The van der Waals surface area contributed by atoms with Crippen molar-refractivity contribution in [1.82, 2.24) is 9.88 Å². The van der Waals surface area contributed by atoms with Crippen molar-refractivity contribution < 1.29 is 36.9 Å². The molecule has 0 aliphatic heterocycles. The minimum absolute atomic E-state index is 0.0500. The average molecular weight is 558 g/mol. The van der Waals surface area contributed by atoms with Gasteiger partial charge in [-0.15, -0.1) is 0 Å². The third-order valence-electron chi connectivity index (χ3n) is 5.51. The summed E-state index contributed by atoms with van der Waals surface area (Å²) in [5, 5.41) is 20.3. The highest BCUT2D eigenvalue weighted by atomic mass is 32.3. The molecule has 0 aliphatic carbocycles. The van der Waals surface area contributed by atoms with Crippen LogP contribution in [0.3, 0.4) is 0 Å². The van der Waals surface area contributed by atoms with Gasteiger partial charge < -0.3 is 20.1 Å². The number of nitrogens with zero attached hydrogens (tertiary/aromatic N) is 2. The van der Waals surface area contributed by atoms with E-state index in [1.807, 2.05) is 62.6 Å². The third-order valence-corrected chi connectivity index (χ3v) is 5.51. The zero-order chi connectivity index (χ0) is 28.7. The number of aryl methyl sites for hydroxylation is 1. The van der Waals surface area contributed by atoms with Crippen LogP contribution < -0.4 is 0 Å². The van der Waals surface area contributed by atoms with Crippen LogP contribution in [0.2, 0.25) is 0 Å². The van der Waals surface area contributed by atoms with Gasteiger partial charge in [-0.2, -0.15) is 8.42 Å². The van der Waals surface area contributed by atoms with E-state index in [1.165, 1.54) is 12.1 Å². The summed E-state index contributed by atoms with van der Waals surface area (Å²) in [5.74, 6) is -1.35. The van der Waals surface area contributed by atoms with Crippen LogP contribution in [0.1, 0.15) is 28.7 Å². The summed E-state index contributed by atoms with van der Waals surface area (Å²) in [4.78, 5) is 20.7. The molecule has 39 heavy (non-hydrogen) atoms. The first-order valence-electron chi connectivity index (χ1n) is 11.6. The Hall–Kier alpha value is -4.10. The second-order valence-corrected chi connectivity index (χ2v) is 9.84. The van der Waals surface area contributed by atoms with E-state index in [2.05, 4.69) is 9.88 Å². The lowest BCUT2D eigenvalue weighted by atomic mass is 9.98. The molecule has 0 saturated carbocycles. The van der Waals surface area contributed by atoms with Crippen LogP contribution in [0.25, 0.3) is 10.9 Å². The number of aromatic nitrogens is 1. The van der Waals surface area contributed by atoms with E-state index in [4.69, 9.17) is 27.6 Å². The number of carboxylic acids is 1. The molecule has 0 unspecified atom stereocenters. The van der Waals surface area contributed by atoms with Crippen LogP contribution in [0.15, 0.2) is 71.7 Å². The molecule has 1 heterocycles. The molecule has 0 spiro atoms. The maximum absolute atomic E-state index is 13.8. The molecule has 3 aromatic carbocycles. The number of aromatic amines is 1. The molecule has 0 atom stereocenters. The van der Waals surface area contributed by atoms with Gasteiger partial charge in [0.1, 0.15) is 5.82 Å². The molecule has 4 rings (SSSR count). The molecule has 0 bridgehead atoms. The van der Waals surface area contributed by atoms with E-state index in [-0.39, 0.29) is 12.3 Å². The van der Waals surface area contributed by atoms with Gasteiger partial charge in [0.2, 0.25) is 0 Å². The van der Waals surface area contributed by atoms with Crippen LogP contribution in [0.4, 0.5) is 10.1 Å². The summed E-state index contributed by atoms with van der Waals surface area (Å²) < 4.78 is 45.4. The molecule has 0 aliphatic rings. The summed E-state index contributed by atoms with van der Waals surface area (Å²) in [7, 11) is -0.653. The predicted molar refractivity (Wildman–Crippen MR) is 146 cm³/mol. The summed E-state index contributed by atoms with van der Waals surface area (Å²) >= 11 is 0. The van der Waals surface area contributed by atoms with Gasteiger partial charge in [-0.1, -0.05) is 36.4 Å². The number of carbonyl (C=O) groups is 1. The molecule has 5 N–H and O–H groups in total. The van der Waals surface area contributed by atoms with Gasteiger partial charge in [0.25, 0.3) is 0 Å². The first kappa shape index (κ1) is 29.5. The zero-order valence-electron chi connectivity index (χ0n) is 21.2. The molecule has 0 amide bonds. The summed E-state index contributed by atoms with van der Waals surface area (Å²) in [6.07, 6.45) is 0.474. The fourth-order valence-corrected chi connectivity index (χ4v) is 3.91. The van der Waals surface area contributed by atoms with Gasteiger partial charge in [0, 0.05) is 23.9 Å². The maximum Gasteiger partial charge on any atom is 0.394 e. The monoisotopic (exact) mass is 557 g/mol. The van der Waals surface area contributed by atoms with E-state index < -0.39 is 22.2 Å². The number of hydrogen-bond acceptors (Lipinski definition) is 6. The number of rotatable bonds is 8. The lowest BCUT2D eigenvalue weighted by Crippen LogP contribution is -2.10. The summed E-state index contributed by atoms with van der Waals surface area (Å²) in [5.41, 5.74) is 4.98. The lowest BCUT2D eigenvalue weighted by molar-refractivity contribution is -0.136. The molecule has 4 aromatic rings. The van der Waals surface area contributed by atoms with Crippen molar-refractivity contribution in [2.75, 3.05) is 14.1 Å². The quantitative estimate of drug-likeness (QED) is 0.155. The summed E-state index contributed by atoms with van der Waals surface area (Å²) in [6, 6.07) is 19.6. The highest BCUT2D eigenvalue weighted by molar-refractivity contribution is 7.79. The van der Waals surface area contributed by atoms with Crippen LogP contribution in [-0.2, 0) is 28.2 Å². The number of hydrogen-bond donors (Lipinski definition) is 5. The van der Waals surface area contributed by atoms with Crippen molar-refractivity contribution in [2.24, 2.45) is 4.99 Å². The van der Waals surface area contributed by atoms with Crippen LogP contribution in [0, 0.1) is 5.82 Å². The van der Waals surface area contributed by atoms with E-state index in [0.717, 1.165) is 23.2 Å². The minimum Gasteiger partial charge on any atom is -0.494 e. The smallest absolute Gasteiger partial charge is 0.394 e. The number of nitrogens with one attached hydrogen (secondary N) is 1. The fraction of sp³-hybridized carbons (Fsp3) is 0.185. The van der Waals surface area contributed by atoms with E-state index >= 15 is 0 Å². The van der Waals surface area contributed by atoms with Gasteiger partial charge in [0.15, 0.2) is 5.88 Å². The number of carboxylic acid groups (broad SMARTS) is 1. The number of aliphatic carboxylic acids is 1. The molecule has 0 saturated heterocycles. The van der Waals surface area contributed by atoms with Crippen molar-refractivity contribution in [3.05, 3.63) is 94.8 Å². The normalized spacial score (nSPS) is 11.9. The zero-order valence-corrected chi connectivity index (χ0v) is 22.0. The predicted octanol–water partition coefficient (Wildman–Crippen LogP) is 4.61. The second kappa shape index (κ2) is 12.6. The largest absolute Gasteiger partial charge is 0.494 e.